The number of hydrogen-bond acceptors (Lipinski definition) is 6. The largest absolute Gasteiger partial charge is 0.427 e. The number of anilines is 1. The summed E-state index contributed by atoms with van der Waals surface area (Å²) >= 11 is 1.35. The molecule has 1 atom stereocenters. The van der Waals surface area contributed by atoms with E-state index in [2.05, 4.69) is 0 Å². The lowest BCUT2D eigenvalue weighted by atomic mass is 9.92. The molecule has 1 saturated heterocycles. The van der Waals surface area contributed by atoms with E-state index in [4.69, 9.17) is 4.74 Å². The highest BCUT2D eigenvalue weighted by atomic mass is 32.1. The molecule has 1 aromatic heterocycles. The van der Waals surface area contributed by atoms with E-state index in [9.17, 15) is 19.2 Å². The first kappa shape index (κ1) is 21.2. The molecule has 4 rings (SSSR count). The van der Waals surface area contributed by atoms with Crippen molar-refractivity contribution in [1.82, 2.24) is 4.90 Å². The van der Waals surface area contributed by atoms with Crippen molar-refractivity contribution in [3.63, 3.8) is 0 Å². The van der Waals surface area contributed by atoms with Crippen LogP contribution in [0.25, 0.3) is 0 Å². The molecule has 0 spiro atoms. The van der Waals surface area contributed by atoms with Gasteiger partial charge in [-0.05, 0) is 48.6 Å². The van der Waals surface area contributed by atoms with Crippen LogP contribution in [0.15, 0.2) is 41.8 Å². The third kappa shape index (κ3) is 4.39. The normalized spacial score (nSPS) is 19.5. The first-order valence-corrected chi connectivity index (χ1v) is 11.3. The van der Waals surface area contributed by atoms with Crippen LogP contribution in [-0.4, -0.2) is 40.7 Å². The third-order valence-electron chi connectivity index (χ3n) is 5.75. The molecule has 1 aliphatic heterocycles. The molecule has 0 bridgehead atoms. The van der Waals surface area contributed by atoms with Gasteiger partial charge in [0.2, 0.25) is 5.91 Å². The average Bonchev–Trinajstić information content (AvgIpc) is 3.38. The van der Waals surface area contributed by atoms with E-state index >= 15 is 0 Å². The molecule has 2 heterocycles. The fraction of sp³-hybridized carbons (Fsp3) is 0.391. The molecule has 2 aliphatic rings. The number of rotatable bonds is 5. The van der Waals surface area contributed by atoms with Gasteiger partial charge in [0, 0.05) is 13.0 Å². The molecule has 1 aliphatic carbocycles. The lowest BCUT2D eigenvalue weighted by Crippen LogP contribution is -2.51. The molecule has 2 fully saturated rings. The molecule has 1 unspecified atom stereocenters. The number of imide groups is 1. The summed E-state index contributed by atoms with van der Waals surface area (Å²) in [6, 6.07) is 8.95. The Morgan fingerprint density at radius 2 is 1.77 bits per heavy atom. The molecule has 3 amide bonds. The van der Waals surface area contributed by atoms with Gasteiger partial charge in [-0.15, -0.1) is 11.3 Å². The van der Waals surface area contributed by atoms with E-state index in [0.717, 1.165) is 37.0 Å². The van der Waals surface area contributed by atoms with Crippen molar-refractivity contribution >= 4 is 40.7 Å². The molecule has 0 radical (unpaired) electrons. The zero-order valence-corrected chi connectivity index (χ0v) is 18.1. The first-order chi connectivity index (χ1) is 15.0. The number of ether oxygens (including phenoxy) is 1. The maximum absolute atomic E-state index is 13.4. The van der Waals surface area contributed by atoms with Gasteiger partial charge in [-0.25, -0.2) is 4.90 Å². The first-order valence-electron chi connectivity index (χ1n) is 10.5. The van der Waals surface area contributed by atoms with Gasteiger partial charge in [0.1, 0.15) is 11.8 Å². The Morgan fingerprint density at radius 3 is 2.39 bits per heavy atom. The lowest BCUT2D eigenvalue weighted by molar-refractivity contribution is -0.132. The van der Waals surface area contributed by atoms with E-state index in [1.807, 2.05) is 11.4 Å². The Bertz CT molecular complexity index is 980. The Hall–Kier alpha value is -3.00. The molecule has 7 nitrogen and oxygen atoms in total. The van der Waals surface area contributed by atoms with Gasteiger partial charge in [-0.2, -0.15) is 0 Å². The highest BCUT2D eigenvalue weighted by Crippen LogP contribution is 2.33. The van der Waals surface area contributed by atoms with Crippen LogP contribution in [0.4, 0.5) is 5.69 Å². The SMILES string of the molecule is CC(=O)Oc1ccc(N2C(=O)CC(N(C(=O)c3cccs3)C3CCCCC3)C2=O)cc1. The Balaban J connectivity index is 1.61. The van der Waals surface area contributed by atoms with Crippen LogP contribution >= 0.6 is 11.3 Å². The molecule has 1 saturated carbocycles. The molecule has 1 aromatic carbocycles. The van der Waals surface area contributed by atoms with Crippen LogP contribution in [0.2, 0.25) is 0 Å². The van der Waals surface area contributed by atoms with Crippen LogP contribution < -0.4 is 9.64 Å². The van der Waals surface area contributed by atoms with E-state index in [-0.39, 0.29) is 30.2 Å². The van der Waals surface area contributed by atoms with Gasteiger partial charge in [0.25, 0.3) is 11.8 Å². The molecule has 31 heavy (non-hydrogen) atoms. The van der Waals surface area contributed by atoms with E-state index < -0.39 is 12.0 Å². The zero-order valence-electron chi connectivity index (χ0n) is 17.3. The smallest absolute Gasteiger partial charge is 0.308 e. The van der Waals surface area contributed by atoms with Crippen molar-refractivity contribution in [2.45, 2.75) is 57.5 Å². The van der Waals surface area contributed by atoms with Crippen LogP contribution in [0, 0.1) is 0 Å². The number of carbonyl (C=O) groups excluding carboxylic acids is 4. The Kier molecular flexibility index (Phi) is 6.18. The second kappa shape index (κ2) is 9.01. The van der Waals surface area contributed by atoms with Gasteiger partial charge >= 0.3 is 5.97 Å². The molecule has 0 N–H and O–H groups in total. The van der Waals surface area contributed by atoms with Crippen LogP contribution in [-0.2, 0) is 14.4 Å². The second-order valence-electron chi connectivity index (χ2n) is 7.86. The minimum absolute atomic E-state index is 0.0296. The summed E-state index contributed by atoms with van der Waals surface area (Å²) in [5.74, 6) is -1.02. The maximum atomic E-state index is 13.4. The molecular weight excluding hydrogens is 416 g/mol. The van der Waals surface area contributed by atoms with Crippen molar-refractivity contribution in [2.24, 2.45) is 0 Å². The summed E-state index contributed by atoms with van der Waals surface area (Å²) in [6.07, 6.45) is 4.79. The van der Waals surface area contributed by atoms with Crippen molar-refractivity contribution in [2.75, 3.05) is 4.90 Å². The van der Waals surface area contributed by atoms with Crippen LogP contribution in [0.5, 0.6) is 5.75 Å². The van der Waals surface area contributed by atoms with Gasteiger partial charge in [0.05, 0.1) is 17.0 Å². The second-order valence-corrected chi connectivity index (χ2v) is 8.80. The van der Waals surface area contributed by atoms with Crippen LogP contribution in [0.3, 0.4) is 0 Å². The van der Waals surface area contributed by atoms with Crippen molar-refractivity contribution in [3.05, 3.63) is 46.7 Å². The quantitative estimate of drug-likeness (QED) is 0.401. The van der Waals surface area contributed by atoms with Crippen molar-refractivity contribution < 1.29 is 23.9 Å². The highest BCUT2D eigenvalue weighted by molar-refractivity contribution is 7.12. The van der Waals surface area contributed by atoms with Gasteiger partial charge in [0.15, 0.2) is 0 Å². The Morgan fingerprint density at radius 1 is 1.06 bits per heavy atom. The number of nitrogens with zero attached hydrogens (tertiary/aromatic N) is 2. The maximum Gasteiger partial charge on any atom is 0.308 e. The van der Waals surface area contributed by atoms with Gasteiger partial charge in [-0.1, -0.05) is 25.3 Å². The summed E-state index contributed by atoms with van der Waals surface area (Å²) in [5, 5.41) is 1.84. The summed E-state index contributed by atoms with van der Waals surface area (Å²) in [6.45, 7) is 1.30. The van der Waals surface area contributed by atoms with Gasteiger partial charge < -0.3 is 9.64 Å². The number of carbonyl (C=O) groups is 4. The molecule has 162 valence electrons. The van der Waals surface area contributed by atoms with Crippen molar-refractivity contribution in [1.29, 1.82) is 0 Å². The summed E-state index contributed by atoms with van der Waals surface area (Å²) in [5.41, 5.74) is 0.403. The van der Waals surface area contributed by atoms with E-state index in [1.165, 1.54) is 18.3 Å². The van der Waals surface area contributed by atoms with E-state index in [0.29, 0.717) is 16.3 Å². The highest BCUT2D eigenvalue weighted by Gasteiger charge is 2.46. The number of amides is 3. The molecular formula is C23H24N2O5S. The Labute approximate surface area is 184 Å². The molecule has 8 heteroatoms. The fourth-order valence-corrected chi connectivity index (χ4v) is 5.05. The summed E-state index contributed by atoms with van der Waals surface area (Å²) in [4.78, 5) is 54.0. The summed E-state index contributed by atoms with van der Waals surface area (Å²) < 4.78 is 5.02. The third-order valence-corrected chi connectivity index (χ3v) is 6.61. The zero-order chi connectivity index (χ0) is 22.0. The average molecular weight is 441 g/mol. The standard InChI is InChI=1S/C23H24N2O5S/c1-15(26)30-18-11-9-17(10-12-18)25-21(27)14-19(22(25)28)24(16-6-3-2-4-7-16)23(29)20-8-5-13-31-20/h5,8-13,16,19H,2-4,6-7,14H2,1H3. The lowest BCUT2D eigenvalue weighted by Gasteiger charge is -2.37. The number of thiophene rings is 1. The predicted molar refractivity (Wildman–Crippen MR) is 116 cm³/mol. The van der Waals surface area contributed by atoms with E-state index in [1.54, 1.807) is 35.2 Å². The van der Waals surface area contributed by atoms with Gasteiger partial charge in [-0.3, -0.25) is 19.2 Å². The number of benzene rings is 1. The monoisotopic (exact) mass is 440 g/mol. The minimum Gasteiger partial charge on any atom is -0.427 e. The number of hydrogen-bond donors (Lipinski definition) is 0. The van der Waals surface area contributed by atoms with Crippen molar-refractivity contribution in [3.8, 4) is 5.75 Å². The summed E-state index contributed by atoms with van der Waals surface area (Å²) in [7, 11) is 0. The predicted octanol–water partition coefficient (Wildman–Crippen LogP) is 3.78. The molecule has 2 aromatic rings. The topological polar surface area (TPSA) is 84.0 Å². The van der Waals surface area contributed by atoms with Crippen LogP contribution in [0.1, 0.15) is 55.1 Å². The minimum atomic E-state index is -0.807. The fourth-order valence-electron chi connectivity index (χ4n) is 4.38. The number of esters is 1.